The molecule has 0 bridgehead atoms. The standard InChI is InChI=1S/C10H17F3O/c1-7-2-4-8(5-3-7)6-9(14)10(11,12)13/h7-9,14H,2-6H2,1H3. The van der Waals surface area contributed by atoms with E-state index < -0.39 is 12.3 Å². The third-order valence-corrected chi connectivity index (χ3v) is 3.07. The average Bonchev–Trinajstić information content (AvgIpc) is 2.07. The topological polar surface area (TPSA) is 20.2 Å². The summed E-state index contributed by atoms with van der Waals surface area (Å²) in [6, 6.07) is 0. The largest absolute Gasteiger partial charge is 0.414 e. The Morgan fingerprint density at radius 1 is 1.21 bits per heavy atom. The summed E-state index contributed by atoms with van der Waals surface area (Å²) in [6.45, 7) is 2.12. The molecular weight excluding hydrogens is 193 g/mol. The van der Waals surface area contributed by atoms with Crippen molar-refractivity contribution in [1.82, 2.24) is 0 Å². The van der Waals surface area contributed by atoms with Crippen molar-refractivity contribution >= 4 is 0 Å². The van der Waals surface area contributed by atoms with Crippen LogP contribution in [0, 0.1) is 11.8 Å². The van der Waals surface area contributed by atoms with Gasteiger partial charge < -0.3 is 5.11 Å². The van der Waals surface area contributed by atoms with Gasteiger partial charge in [-0.05, 0) is 18.3 Å². The van der Waals surface area contributed by atoms with E-state index in [0.717, 1.165) is 25.7 Å². The number of aliphatic hydroxyl groups is 1. The first kappa shape index (κ1) is 11.8. The molecule has 0 radical (unpaired) electrons. The van der Waals surface area contributed by atoms with E-state index in [1.807, 2.05) is 0 Å². The van der Waals surface area contributed by atoms with Gasteiger partial charge in [0, 0.05) is 0 Å². The van der Waals surface area contributed by atoms with Crippen LogP contribution < -0.4 is 0 Å². The fraction of sp³-hybridized carbons (Fsp3) is 1.00. The Balaban J connectivity index is 2.31. The van der Waals surface area contributed by atoms with Crippen molar-refractivity contribution in [2.45, 2.75) is 51.3 Å². The molecule has 1 atom stereocenters. The van der Waals surface area contributed by atoms with Crippen molar-refractivity contribution in [3.8, 4) is 0 Å². The summed E-state index contributed by atoms with van der Waals surface area (Å²) in [7, 11) is 0. The fourth-order valence-corrected chi connectivity index (χ4v) is 2.01. The Labute approximate surface area is 82.3 Å². The molecule has 1 nitrogen and oxygen atoms in total. The van der Waals surface area contributed by atoms with E-state index in [0.29, 0.717) is 5.92 Å². The first-order chi connectivity index (χ1) is 6.39. The highest BCUT2D eigenvalue weighted by Crippen LogP contribution is 2.34. The molecule has 1 rings (SSSR count). The van der Waals surface area contributed by atoms with E-state index in [-0.39, 0.29) is 12.3 Å². The zero-order valence-corrected chi connectivity index (χ0v) is 8.35. The lowest BCUT2D eigenvalue weighted by Crippen LogP contribution is -2.31. The quantitative estimate of drug-likeness (QED) is 0.742. The SMILES string of the molecule is CC1CCC(CC(O)C(F)(F)F)CC1. The molecule has 0 aliphatic heterocycles. The van der Waals surface area contributed by atoms with Crippen molar-refractivity contribution in [3.63, 3.8) is 0 Å². The van der Waals surface area contributed by atoms with Crippen molar-refractivity contribution < 1.29 is 18.3 Å². The van der Waals surface area contributed by atoms with Crippen molar-refractivity contribution in [3.05, 3.63) is 0 Å². The fourth-order valence-electron chi connectivity index (χ4n) is 2.01. The molecule has 84 valence electrons. The summed E-state index contributed by atoms with van der Waals surface area (Å²) < 4.78 is 36.1. The minimum absolute atomic E-state index is 0.0582. The molecule has 1 fully saturated rings. The molecule has 1 unspecified atom stereocenters. The lowest BCUT2D eigenvalue weighted by atomic mass is 9.80. The maximum Gasteiger partial charge on any atom is 0.414 e. The van der Waals surface area contributed by atoms with Crippen molar-refractivity contribution in [2.24, 2.45) is 11.8 Å². The monoisotopic (exact) mass is 210 g/mol. The highest BCUT2D eigenvalue weighted by molar-refractivity contribution is 4.75. The van der Waals surface area contributed by atoms with Gasteiger partial charge in [-0.1, -0.05) is 32.6 Å². The Morgan fingerprint density at radius 3 is 2.14 bits per heavy atom. The number of hydrogen-bond acceptors (Lipinski definition) is 1. The molecule has 4 heteroatoms. The maximum atomic E-state index is 12.0. The molecule has 0 aromatic heterocycles. The van der Waals surface area contributed by atoms with Crippen LogP contribution in [0.1, 0.15) is 39.0 Å². The van der Waals surface area contributed by atoms with E-state index in [1.165, 1.54) is 0 Å². The van der Waals surface area contributed by atoms with Crippen LogP contribution in [0.15, 0.2) is 0 Å². The Bertz CT molecular complexity index is 171. The molecule has 1 N–H and O–H groups in total. The van der Waals surface area contributed by atoms with Crippen LogP contribution in [0.4, 0.5) is 13.2 Å². The third kappa shape index (κ3) is 3.48. The first-order valence-electron chi connectivity index (χ1n) is 5.14. The summed E-state index contributed by atoms with van der Waals surface area (Å²) in [6.07, 6.45) is -3.03. The summed E-state index contributed by atoms with van der Waals surface area (Å²) in [5.41, 5.74) is 0. The predicted molar refractivity (Wildman–Crippen MR) is 47.8 cm³/mol. The molecular formula is C10H17F3O. The molecule has 0 amide bonds. The van der Waals surface area contributed by atoms with E-state index in [1.54, 1.807) is 0 Å². The second-order valence-corrected chi connectivity index (χ2v) is 4.42. The first-order valence-corrected chi connectivity index (χ1v) is 5.14. The van der Waals surface area contributed by atoms with E-state index in [4.69, 9.17) is 5.11 Å². The van der Waals surface area contributed by atoms with Gasteiger partial charge in [0.05, 0.1) is 0 Å². The summed E-state index contributed by atoms with van der Waals surface area (Å²) in [5.74, 6) is 0.692. The lowest BCUT2D eigenvalue weighted by molar-refractivity contribution is -0.209. The van der Waals surface area contributed by atoms with Crippen LogP contribution in [0.5, 0.6) is 0 Å². The molecule has 0 saturated heterocycles. The highest BCUT2D eigenvalue weighted by Gasteiger charge is 2.39. The van der Waals surface area contributed by atoms with Crippen molar-refractivity contribution in [2.75, 3.05) is 0 Å². The molecule has 0 aromatic carbocycles. The number of hydrogen-bond donors (Lipinski definition) is 1. The van der Waals surface area contributed by atoms with Gasteiger partial charge in [-0.25, -0.2) is 0 Å². The zero-order chi connectivity index (χ0) is 10.8. The molecule has 0 heterocycles. The van der Waals surface area contributed by atoms with E-state index in [2.05, 4.69) is 6.92 Å². The number of alkyl halides is 3. The minimum atomic E-state index is -4.44. The Kier molecular flexibility index (Phi) is 3.81. The summed E-state index contributed by atoms with van der Waals surface area (Å²) in [5, 5.41) is 8.88. The van der Waals surface area contributed by atoms with Crippen LogP contribution in [-0.2, 0) is 0 Å². The van der Waals surface area contributed by atoms with E-state index in [9.17, 15) is 13.2 Å². The Morgan fingerprint density at radius 2 is 1.71 bits per heavy atom. The second-order valence-electron chi connectivity index (χ2n) is 4.42. The van der Waals surface area contributed by atoms with Gasteiger partial charge in [0.2, 0.25) is 0 Å². The number of rotatable bonds is 2. The van der Waals surface area contributed by atoms with Gasteiger partial charge in [-0.3, -0.25) is 0 Å². The molecule has 0 spiro atoms. The summed E-state index contributed by atoms with van der Waals surface area (Å²) in [4.78, 5) is 0. The van der Waals surface area contributed by atoms with Gasteiger partial charge in [0.1, 0.15) is 6.10 Å². The molecule has 14 heavy (non-hydrogen) atoms. The van der Waals surface area contributed by atoms with Gasteiger partial charge in [0.15, 0.2) is 0 Å². The van der Waals surface area contributed by atoms with Crippen LogP contribution in [-0.4, -0.2) is 17.4 Å². The van der Waals surface area contributed by atoms with Crippen LogP contribution in [0.2, 0.25) is 0 Å². The maximum absolute atomic E-state index is 12.0. The van der Waals surface area contributed by atoms with Gasteiger partial charge in [-0.15, -0.1) is 0 Å². The Hall–Kier alpha value is -0.250. The molecule has 0 aromatic rings. The zero-order valence-electron chi connectivity index (χ0n) is 8.35. The highest BCUT2D eigenvalue weighted by atomic mass is 19.4. The molecule has 1 aliphatic rings. The normalized spacial score (nSPS) is 31.5. The van der Waals surface area contributed by atoms with Gasteiger partial charge >= 0.3 is 6.18 Å². The lowest BCUT2D eigenvalue weighted by Gasteiger charge is -2.28. The smallest absolute Gasteiger partial charge is 0.384 e. The average molecular weight is 210 g/mol. The third-order valence-electron chi connectivity index (χ3n) is 3.07. The molecule has 1 saturated carbocycles. The van der Waals surface area contributed by atoms with Crippen LogP contribution in [0.25, 0.3) is 0 Å². The number of aliphatic hydroxyl groups excluding tert-OH is 1. The van der Waals surface area contributed by atoms with Gasteiger partial charge in [-0.2, -0.15) is 13.2 Å². The van der Waals surface area contributed by atoms with E-state index >= 15 is 0 Å². The molecule has 1 aliphatic carbocycles. The van der Waals surface area contributed by atoms with Crippen LogP contribution >= 0.6 is 0 Å². The minimum Gasteiger partial charge on any atom is -0.384 e. The predicted octanol–water partition coefficient (Wildman–Crippen LogP) is 3.13. The van der Waals surface area contributed by atoms with Gasteiger partial charge in [0.25, 0.3) is 0 Å². The van der Waals surface area contributed by atoms with Crippen LogP contribution in [0.3, 0.4) is 0 Å². The second kappa shape index (κ2) is 4.51. The number of halogens is 3. The van der Waals surface area contributed by atoms with Crippen molar-refractivity contribution in [1.29, 1.82) is 0 Å². The summed E-state index contributed by atoms with van der Waals surface area (Å²) >= 11 is 0.